The van der Waals surface area contributed by atoms with E-state index in [0.717, 1.165) is 50.8 Å². The van der Waals surface area contributed by atoms with Crippen molar-refractivity contribution < 1.29 is 31.4 Å². The number of halogens is 5. The number of anilines is 1. The minimum Gasteiger partial charge on any atom is -0.473 e. The molecular formula is C30H26F5N5O3. The van der Waals surface area contributed by atoms with Crippen LogP contribution < -0.4 is 20.5 Å². The molecule has 1 spiro atoms. The number of nitrogens with one attached hydrogen (secondary N) is 1. The van der Waals surface area contributed by atoms with Gasteiger partial charge >= 0.3 is 11.9 Å². The zero-order valence-corrected chi connectivity index (χ0v) is 22.7. The van der Waals surface area contributed by atoms with Crippen LogP contribution in [0.25, 0.3) is 0 Å². The van der Waals surface area contributed by atoms with Crippen molar-refractivity contribution in [3.63, 3.8) is 0 Å². The summed E-state index contributed by atoms with van der Waals surface area (Å²) in [5, 5.41) is 3.48. The molecule has 224 valence electrons. The zero-order valence-electron chi connectivity index (χ0n) is 22.7. The Hall–Kier alpha value is -4.52. The third-order valence-corrected chi connectivity index (χ3v) is 7.61. The van der Waals surface area contributed by atoms with E-state index < -0.39 is 40.6 Å². The number of hydrogen-bond acceptors (Lipinski definition) is 7. The zero-order chi connectivity index (χ0) is 30.2. The molecule has 2 aromatic heterocycles. The summed E-state index contributed by atoms with van der Waals surface area (Å²) < 4.78 is 80.4. The summed E-state index contributed by atoms with van der Waals surface area (Å²) in [6, 6.07) is 14.3. The van der Waals surface area contributed by atoms with Gasteiger partial charge in [-0.1, -0.05) is 30.3 Å². The monoisotopic (exact) mass is 599 g/mol. The second kappa shape index (κ2) is 11.3. The number of hydrogen-bond donors (Lipinski definition) is 1. The first-order valence-electron chi connectivity index (χ1n) is 13.5. The third-order valence-electron chi connectivity index (χ3n) is 7.61. The van der Waals surface area contributed by atoms with Crippen molar-refractivity contribution in [2.45, 2.75) is 44.3 Å². The van der Waals surface area contributed by atoms with E-state index in [1.54, 1.807) is 10.6 Å². The summed E-state index contributed by atoms with van der Waals surface area (Å²) in [7, 11) is 0. The number of piperidine rings is 1. The molecule has 1 N–H and O–H groups in total. The molecule has 2 aromatic carbocycles. The van der Waals surface area contributed by atoms with E-state index in [2.05, 4.69) is 32.3 Å². The molecule has 0 bridgehead atoms. The van der Waals surface area contributed by atoms with Gasteiger partial charge in [0.1, 0.15) is 18.2 Å². The van der Waals surface area contributed by atoms with Crippen molar-refractivity contribution in [2.24, 2.45) is 0 Å². The molecule has 43 heavy (non-hydrogen) atoms. The van der Waals surface area contributed by atoms with Crippen molar-refractivity contribution in [3.05, 3.63) is 106 Å². The number of aromatic nitrogens is 3. The molecular weight excluding hydrogens is 573 g/mol. The quantitative estimate of drug-likeness (QED) is 0.270. The van der Waals surface area contributed by atoms with Crippen LogP contribution >= 0.6 is 0 Å². The second-order valence-corrected chi connectivity index (χ2v) is 10.7. The highest BCUT2D eigenvalue weighted by Crippen LogP contribution is 2.36. The molecule has 13 heteroatoms. The molecule has 2 aliphatic heterocycles. The van der Waals surface area contributed by atoms with Gasteiger partial charge in [-0.05, 0) is 42.2 Å². The Bertz CT molecular complexity index is 1670. The first kappa shape index (κ1) is 28.6. The topological polar surface area (TPSA) is 81.5 Å². The Morgan fingerprint density at radius 2 is 1.67 bits per heavy atom. The van der Waals surface area contributed by atoms with Crippen LogP contribution in [0.3, 0.4) is 0 Å². The number of rotatable bonds is 7. The first-order chi connectivity index (χ1) is 20.6. The van der Waals surface area contributed by atoms with Gasteiger partial charge in [0.2, 0.25) is 5.88 Å². The predicted octanol–water partition coefficient (Wildman–Crippen LogP) is 5.77. The largest absolute Gasteiger partial charge is 0.473 e. The number of alkyl halides is 3. The van der Waals surface area contributed by atoms with E-state index in [1.165, 1.54) is 5.56 Å². The molecule has 0 radical (unpaired) electrons. The van der Waals surface area contributed by atoms with E-state index in [4.69, 9.17) is 9.47 Å². The average Bonchev–Trinajstić information content (AvgIpc) is 3.34. The van der Waals surface area contributed by atoms with E-state index in [1.807, 2.05) is 18.2 Å². The van der Waals surface area contributed by atoms with Crippen LogP contribution in [0.1, 0.15) is 29.5 Å². The number of fused-ring (bicyclic) bond motifs is 1. The van der Waals surface area contributed by atoms with Crippen LogP contribution in [0.15, 0.2) is 71.8 Å². The second-order valence-electron chi connectivity index (χ2n) is 10.7. The maximum atomic E-state index is 14.7. The SMILES string of the molecule is O=c1nc(OCc2cc(F)c(Oc3cncc(C(F)(F)F)c3)c(F)c2)cc2n1CC1(CCN(Cc3ccccc3)CC1)N2. The van der Waals surface area contributed by atoms with Gasteiger partial charge in [-0.3, -0.25) is 14.5 Å². The number of benzene rings is 2. The van der Waals surface area contributed by atoms with E-state index in [-0.39, 0.29) is 23.6 Å². The van der Waals surface area contributed by atoms with Crippen LogP contribution in [0.4, 0.5) is 27.8 Å². The van der Waals surface area contributed by atoms with Gasteiger partial charge in [-0.25, -0.2) is 13.6 Å². The average molecular weight is 600 g/mol. The fraction of sp³-hybridized carbons (Fsp3) is 0.300. The Balaban J connectivity index is 1.09. The summed E-state index contributed by atoms with van der Waals surface area (Å²) in [6.45, 7) is 2.74. The van der Waals surface area contributed by atoms with Crippen molar-refractivity contribution >= 4 is 5.82 Å². The molecule has 0 atom stereocenters. The number of pyridine rings is 1. The minimum absolute atomic E-state index is 0.0153. The number of nitrogens with zero attached hydrogens (tertiary/aromatic N) is 4. The van der Waals surface area contributed by atoms with Crippen molar-refractivity contribution in [1.29, 1.82) is 0 Å². The third kappa shape index (κ3) is 6.31. The Morgan fingerprint density at radius 3 is 2.37 bits per heavy atom. The lowest BCUT2D eigenvalue weighted by Gasteiger charge is -2.39. The Morgan fingerprint density at radius 1 is 0.953 bits per heavy atom. The number of likely N-dealkylation sites (tertiary alicyclic amines) is 1. The van der Waals surface area contributed by atoms with Gasteiger partial charge in [0, 0.05) is 31.9 Å². The van der Waals surface area contributed by atoms with Gasteiger partial charge in [-0.15, -0.1) is 0 Å². The molecule has 1 fully saturated rings. The van der Waals surface area contributed by atoms with Crippen LogP contribution in [0, 0.1) is 11.6 Å². The fourth-order valence-corrected chi connectivity index (χ4v) is 5.39. The number of ether oxygens (including phenoxy) is 2. The van der Waals surface area contributed by atoms with Gasteiger partial charge in [0.25, 0.3) is 0 Å². The molecule has 4 heterocycles. The van der Waals surface area contributed by atoms with Gasteiger partial charge in [0.15, 0.2) is 17.4 Å². The molecule has 0 unspecified atom stereocenters. The standard InChI is InChI=1S/C30H26F5N5O3/c31-23-10-20(11-24(32)27(23)43-22-12-21(14-36-15-22)30(33,34)35)17-42-26-13-25-38-29(18-40(25)28(41)37-26)6-8-39(9-7-29)16-19-4-2-1-3-5-19/h1-5,10-15,38H,6-9,16-18H2. The highest BCUT2D eigenvalue weighted by atomic mass is 19.4. The summed E-state index contributed by atoms with van der Waals surface area (Å²) in [5.41, 5.74) is -0.598. The highest BCUT2D eigenvalue weighted by molar-refractivity contribution is 5.46. The van der Waals surface area contributed by atoms with Gasteiger partial charge in [0.05, 0.1) is 23.8 Å². The molecule has 2 aliphatic rings. The fourth-order valence-electron chi connectivity index (χ4n) is 5.39. The molecule has 0 aliphatic carbocycles. The maximum absolute atomic E-state index is 14.7. The highest BCUT2D eigenvalue weighted by Gasteiger charge is 2.40. The van der Waals surface area contributed by atoms with E-state index in [9.17, 15) is 26.7 Å². The smallest absolute Gasteiger partial charge is 0.418 e. The first-order valence-corrected chi connectivity index (χ1v) is 13.5. The van der Waals surface area contributed by atoms with Gasteiger partial charge < -0.3 is 14.8 Å². The van der Waals surface area contributed by atoms with Crippen molar-refractivity contribution in [2.75, 3.05) is 18.4 Å². The molecule has 6 rings (SSSR count). The minimum atomic E-state index is -4.70. The van der Waals surface area contributed by atoms with Crippen LogP contribution in [-0.2, 0) is 25.9 Å². The summed E-state index contributed by atoms with van der Waals surface area (Å²) >= 11 is 0. The lowest BCUT2D eigenvalue weighted by molar-refractivity contribution is -0.137. The predicted molar refractivity (Wildman–Crippen MR) is 146 cm³/mol. The Labute approximate surface area is 242 Å². The lowest BCUT2D eigenvalue weighted by Crippen LogP contribution is -2.48. The Kier molecular flexibility index (Phi) is 7.50. The molecule has 0 saturated carbocycles. The molecule has 4 aromatic rings. The summed E-state index contributed by atoms with van der Waals surface area (Å²) in [6.07, 6.45) is -1.55. The lowest BCUT2D eigenvalue weighted by atomic mass is 9.88. The summed E-state index contributed by atoms with van der Waals surface area (Å²) in [5.74, 6) is -3.13. The van der Waals surface area contributed by atoms with Gasteiger partial charge in [-0.2, -0.15) is 18.2 Å². The molecule has 8 nitrogen and oxygen atoms in total. The molecule has 1 saturated heterocycles. The summed E-state index contributed by atoms with van der Waals surface area (Å²) in [4.78, 5) is 22.6. The van der Waals surface area contributed by atoms with Crippen molar-refractivity contribution in [3.8, 4) is 17.4 Å². The maximum Gasteiger partial charge on any atom is 0.418 e. The van der Waals surface area contributed by atoms with Crippen molar-refractivity contribution in [1.82, 2.24) is 19.4 Å². The van der Waals surface area contributed by atoms with Crippen LogP contribution in [-0.4, -0.2) is 38.1 Å². The molecule has 0 amide bonds. The normalized spacial score (nSPS) is 16.1. The van der Waals surface area contributed by atoms with Crippen LogP contribution in [0.2, 0.25) is 0 Å². The van der Waals surface area contributed by atoms with E-state index >= 15 is 0 Å². The van der Waals surface area contributed by atoms with Crippen LogP contribution in [0.5, 0.6) is 17.4 Å². The van der Waals surface area contributed by atoms with E-state index in [0.29, 0.717) is 24.6 Å².